The summed E-state index contributed by atoms with van der Waals surface area (Å²) >= 11 is 0. The summed E-state index contributed by atoms with van der Waals surface area (Å²) in [6, 6.07) is 13.2. The fourth-order valence-electron chi connectivity index (χ4n) is 4.49. The number of anilines is 3. The summed E-state index contributed by atoms with van der Waals surface area (Å²) in [5, 5.41) is 5.54. The predicted molar refractivity (Wildman–Crippen MR) is 141 cm³/mol. The minimum Gasteiger partial charge on any atom is -0.371 e. The van der Waals surface area contributed by atoms with Gasteiger partial charge in [0.1, 0.15) is 0 Å². The van der Waals surface area contributed by atoms with Crippen molar-refractivity contribution in [1.82, 2.24) is 5.32 Å². The van der Waals surface area contributed by atoms with E-state index < -0.39 is 15.8 Å². The highest BCUT2D eigenvalue weighted by Gasteiger charge is 2.39. The Morgan fingerprint density at radius 3 is 2.19 bits per heavy atom. The van der Waals surface area contributed by atoms with Gasteiger partial charge in [-0.25, -0.2) is 13.2 Å². The number of piperidine rings is 1. The average molecular weight is 517 g/mol. The SMILES string of the molecule is CCCCCCNC(=O)Nc1ccc(S(=O)(=O)Nc2ccc(N3CCC4(CC3)OCCO4)cc2)cc1. The summed E-state index contributed by atoms with van der Waals surface area (Å²) < 4.78 is 39.9. The summed E-state index contributed by atoms with van der Waals surface area (Å²) in [5.41, 5.74) is 2.05. The van der Waals surface area contributed by atoms with Gasteiger partial charge in [0.2, 0.25) is 0 Å². The lowest BCUT2D eigenvalue weighted by molar-refractivity contribution is -0.169. The van der Waals surface area contributed by atoms with Crippen molar-refractivity contribution >= 4 is 33.1 Å². The van der Waals surface area contributed by atoms with Crippen LogP contribution in [0.2, 0.25) is 0 Å². The van der Waals surface area contributed by atoms with Crippen LogP contribution in [0.3, 0.4) is 0 Å². The van der Waals surface area contributed by atoms with Crippen LogP contribution in [0.5, 0.6) is 0 Å². The molecule has 36 heavy (non-hydrogen) atoms. The quantitative estimate of drug-likeness (QED) is 0.400. The Bertz CT molecular complexity index is 1090. The molecule has 1 spiro atoms. The van der Waals surface area contributed by atoms with Gasteiger partial charge in [-0.3, -0.25) is 4.72 Å². The molecular formula is C26H36N4O5S. The molecule has 196 valence electrons. The van der Waals surface area contributed by atoms with Gasteiger partial charge in [0, 0.05) is 49.5 Å². The molecule has 2 aromatic carbocycles. The Balaban J connectivity index is 1.27. The molecule has 9 nitrogen and oxygen atoms in total. The Morgan fingerprint density at radius 2 is 1.56 bits per heavy atom. The van der Waals surface area contributed by atoms with Gasteiger partial charge in [0.25, 0.3) is 10.0 Å². The monoisotopic (exact) mass is 516 g/mol. The molecule has 0 bridgehead atoms. The van der Waals surface area contributed by atoms with E-state index in [1.165, 1.54) is 12.1 Å². The third-order valence-corrected chi connectivity index (χ3v) is 7.96. The lowest BCUT2D eigenvalue weighted by Crippen LogP contribution is -2.45. The molecule has 2 saturated heterocycles. The minimum atomic E-state index is -3.76. The second kappa shape index (κ2) is 11.9. The molecule has 0 atom stereocenters. The molecule has 2 fully saturated rings. The zero-order chi connectivity index (χ0) is 25.4. The molecule has 2 amide bonds. The molecule has 0 aliphatic carbocycles. The first-order chi connectivity index (χ1) is 17.4. The number of rotatable bonds is 10. The molecule has 0 saturated carbocycles. The van der Waals surface area contributed by atoms with Crippen molar-refractivity contribution in [2.24, 2.45) is 0 Å². The number of urea groups is 1. The van der Waals surface area contributed by atoms with E-state index in [1.54, 1.807) is 24.3 Å². The molecule has 0 aromatic heterocycles. The van der Waals surface area contributed by atoms with Crippen LogP contribution in [0.1, 0.15) is 45.4 Å². The molecule has 2 aliphatic rings. The van der Waals surface area contributed by atoms with Gasteiger partial charge >= 0.3 is 6.03 Å². The standard InChI is InChI=1S/C26H36N4O5S/c1-2-3-4-5-16-27-25(31)28-21-8-12-24(13-9-21)36(32,33)29-22-6-10-23(11-7-22)30-17-14-26(15-18-30)34-19-20-35-26/h6-13,29H,2-5,14-20H2,1H3,(H2,27,28,31). The van der Waals surface area contributed by atoms with Gasteiger partial charge in [-0.2, -0.15) is 0 Å². The molecule has 3 N–H and O–H groups in total. The third-order valence-electron chi connectivity index (χ3n) is 6.56. The topological polar surface area (TPSA) is 109 Å². The maximum Gasteiger partial charge on any atom is 0.319 e. The fraction of sp³-hybridized carbons (Fsp3) is 0.500. The maximum absolute atomic E-state index is 12.8. The van der Waals surface area contributed by atoms with Gasteiger partial charge in [-0.15, -0.1) is 0 Å². The predicted octanol–water partition coefficient (Wildman–Crippen LogP) is 4.53. The van der Waals surface area contributed by atoms with Crippen LogP contribution >= 0.6 is 0 Å². The first-order valence-corrected chi connectivity index (χ1v) is 14.2. The van der Waals surface area contributed by atoms with E-state index in [1.807, 2.05) is 12.1 Å². The van der Waals surface area contributed by atoms with Crippen molar-refractivity contribution in [3.8, 4) is 0 Å². The summed E-state index contributed by atoms with van der Waals surface area (Å²) in [4.78, 5) is 14.4. The van der Waals surface area contributed by atoms with Gasteiger partial charge in [-0.1, -0.05) is 26.2 Å². The Morgan fingerprint density at radius 1 is 0.917 bits per heavy atom. The minimum absolute atomic E-state index is 0.120. The van der Waals surface area contributed by atoms with Crippen LogP contribution in [0.15, 0.2) is 53.4 Å². The molecule has 0 radical (unpaired) electrons. The molecule has 4 rings (SSSR count). The molecule has 2 aromatic rings. The number of hydrogen-bond donors (Lipinski definition) is 3. The number of hydrogen-bond acceptors (Lipinski definition) is 6. The zero-order valence-corrected chi connectivity index (χ0v) is 21.6. The van der Waals surface area contributed by atoms with E-state index in [9.17, 15) is 13.2 Å². The lowest BCUT2D eigenvalue weighted by atomic mass is 10.0. The zero-order valence-electron chi connectivity index (χ0n) is 20.8. The Hall–Kier alpha value is -2.82. The first-order valence-electron chi connectivity index (χ1n) is 12.7. The van der Waals surface area contributed by atoms with E-state index in [2.05, 4.69) is 27.2 Å². The van der Waals surface area contributed by atoms with E-state index in [4.69, 9.17) is 9.47 Å². The van der Waals surface area contributed by atoms with Crippen molar-refractivity contribution in [1.29, 1.82) is 0 Å². The molecule has 10 heteroatoms. The number of sulfonamides is 1. The number of carbonyl (C=O) groups excluding carboxylic acids is 1. The second-order valence-corrected chi connectivity index (χ2v) is 10.9. The normalized spacial score (nSPS) is 17.2. The number of amides is 2. The summed E-state index contributed by atoms with van der Waals surface area (Å²) in [7, 11) is -3.76. The lowest BCUT2D eigenvalue weighted by Gasteiger charge is -2.38. The van der Waals surface area contributed by atoms with Crippen LogP contribution < -0.4 is 20.3 Å². The van der Waals surface area contributed by atoms with Crippen LogP contribution in [0, 0.1) is 0 Å². The van der Waals surface area contributed by atoms with Crippen molar-refractivity contribution in [3.05, 3.63) is 48.5 Å². The van der Waals surface area contributed by atoms with Crippen LogP contribution in [-0.4, -0.2) is 53.1 Å². The summed E-state index contributed by atoms with van der Waals surface area (Å²) in [6.45, 7) is 5.71. The molecular weight excluding hydrogens is 480 g/mol. The van der Waals surface area contributed by atoms with E-state index >= 15 is 0 Å². The van der Waals surface area contributed by atoms with E-state index in [0.29, 0.717) is 31.1 Å². The van der Waals surface area contributed by atoms with Crippen molar-refractivity contribution in [2.45, 2.75) is 56.1 Å². The highest BCUT2D eigenvalue weighted by Crippen LogP contribution is 2.33. The Labute approximate surface area is 213 Å². The van der Waals surface area contributed by atoms with Crippen LogP contribution in [-0.2, 0) is 19.5 Å². The average Bonchev–Trinajstić information content (AvgIpc) is 3.33. The van der Waals surface area contributed by atoms with Crippen molar-refractivity contribution in [2.75, 3.05) is 47.8 Å². The molecule has 2 heterocycles. The summed E-state index contributed by atoms with van der Waals surface area (Å²) in [5.74, 6) is -0.421. The largest absolute Gasteiger partial charge is 0.371 e. The van der Waals surface area contributed by atoms with Crippen LogP contribution in [0.25, 0.3) is 0 Å². The van der Waals surface area contributed by atoms with Crippen LogP contribution in [0.4, 0.5) is 21.9 Å². The number of unbranched alkanes of at least 4 members (excludes halogenated alkanes) is 3. The highest BCUT2D eigenvalue weighted by molar-refractivity contribution is 7.92. The van der Waals surface area contributed by atoms with Crippen molar-refractivity contribution in [3.63, 3.8) is 0 Å². The number of carbonyl (C=O) groups is 1. The van der Waals surface area contributed by atoms with E-state index in [-0.39, 0.29) is 10.9 Å². The number of nitrogens with zero attached hydrogens (tertiary/aromatic N) is 1. The fourth-order valence-corrected chi connectivity index (χ4v) is 5.55. The van der Waals surface area contributed by atoms with Gasteiger partial charge < -0.3 is 25.0 Å². The van der Waals surface area contributed by atoms with Gasteiger partial charge in [0.15, 0.2) is 5.79 Å². The Kier molecular flexibility index (Phi) is 8.71. The third kappa shape index (κ3) is 6.89. The smallest absolute Gasteiger partial charge is 0.319 e. The first kappa shape index (κ1) is 26.2. The second-order valence-electron chi connectivity index (χ2n) is 9.21. The number of nitrogens with one attached hydrogen (secondary N) is 3. The molecule has 0 unspecified atom stereocenters. The van der Waals surface area contributed by atoms with Gasteiger partial charge in [-0.05, 0) is 55.0 Å². The van der Waals surface area contributed by atoms with E-state index in [0.717, 1.165) is 57.3 Å². The summed E-state index contributed by atoms with van der Waals surface area (Å²) in [6.07, 6.45) is 5.95. The maximum atomic E-state index is 12.8. The number of ether oxygens (including phenoxy) is 2. The van der Waals surface area contributed by atoms with Crippen molar-refractivity contribution < 1.29 is 22.7 Å². The molecule has 2 aliphatic heterocycles. The van der Waals surface area contributed by atoms with Gasteiger partial charge in [0.05, 0.1) is 18.1 Å². The number of benzene rings is 2. The highest BCUT2D eigenvalue weighted by atomic mass is 32.2.